The largest absolute Gasteiger partial charge is 0.458 e. The van der Waals surface area contributed by atoms with Gasteiger partial charge in [-0.25, -0.2) is 0 Å². The SMILES string of the molecule is CC(=O)S[C@@H]1C=C2CC(=O)CCC2(C)C2CCC3(C)C(CCC34CCC(=O)O4)C21. The van der Waals surface area contributed by atoms with E-state index < -0.39 is 0 Å². The highest BCUT2D eigenvalue weighted by Gasteiger charge is 2.68. The fourth-order valence-corrected chi connectivity index (χ4v) is 9.19. The molecule has 0 radical (unpaired) electrons. The van der Waals surface area contributed by atoms with Crippen molar-refractivity contribution in [3.8, 4) is 0 Å². The highest BCUT2D eigenvalue weighted by molar-refractivity contribution is 8.14. The van der Waals surface area contributed by atoms with Gasteiger partial charge in [0.2, 0.25) is 0 Å². The molecule has 0 aromatic rings. The van der Waals surface area contributed by atoms with Gasteiger partial charge in [-0.15, -0.1) is 0 Å². The average Bonchev–Trinajstić information content (AvgIpc) is 3.17. The number of carbonyl (C=O) groups excluding carboxylic acids is 3. The van der Waals surface area contributed by atoms with E-state index in [-0.39, 0.29) is 32.8 Å². The molecule has 7 atom stereocenters. The normalized spacial score (nSPS) is 48.6. The first-order chi connectivity index (χ1) is 13.7. The lowest BCUT2D eigenvalue weighted by atomic mass is 9.46. The summed E-state index contributed by atoms with van der Waals surface area (Å²) in [5.74, 6) is 1.71. The molecule has 0 bridgehead atoms. The number of ether oxygens (including phenoxy) is 1. The molecule has 0 aromatic heterocycles. The number of esters is 1. The van der Waals surface area contributed by atoms with E-state index in [0.29, 0.717) is 42.8 Å². The Balaban J connectivity index is 1.57. The van der Waals surface area contributed by atoms with Crippen molar-refractivity contribution in [1.29, 1.82) is 0 Å². The number of hydrogen-bond donors (Lipinski definition) is 0. The minimum Gasteiger partial charge on any atom is -0.458 e. The Labute approximate surface area is 177 Å². The Bertz CT molecular complexity index is 818. The van der Waals surface area contributed by atoms with Crippen LogP contribution in [0.5, 0.6) is 0 Å². The maximum Gasteiger partial charge on any atom is 0.306 e. The molecule has 158 valence electrons. The van der Waals surface area contributed by atoms with E-state index in [1.54, 1.807) is 6.92 Å². The molecule has 1 spiro atoms. The van der Waals surface area contributed by atoms with Crippen LogP contribution in [-0.4, -0.2) is 27.7 Å². The molecule has 4 nitrogen and oxygen atoms in total. The third-order valence-electron chi connectivity index (χ3n) is 9.57. The van der Waals surface area contributed by atoms with Crippen molar-refractivity contribution < 1.29 is 19.1 Å². The van der Waals surface area contributed by atoms with Crippen LogP contribution in [0, 0.1) is 28.6 Å². The average molecular weight is 417 g/mol. The molecule has 29 heavy (non-hydrogen) atoms. The summed E-state index contributed by atoms with van der Waals surface area (Å²) in [4.78, 5) is 36.4. The smallest absolute Gasteiger partial charge is 0.306 e. The predicted molar refractivity (Wildman–Crippen MR) is 112 cm³/mol. The topological polar surface area (TPSA) is 60.4 Å². The molecule has 0 N–H and O–H groups in total. The monoisotopic (exact) mass is 416 g/mol. The number of allylic oxidation sites excluding steroid dienone is 1. The van der Waals surface area contributed by atoms with E-state index in [1.165, 1.54) is 17.3 Å². The lowest BCUT2D eigenvalue weighted by Gasteiger charge is -2.60. The Morgan fingerprint density at radius 1 is 1.07 bits per heavy atom. The summed E-state index contributed by atoms with van der Waals surface area (Å²) >= 11 is 1.46. The zero-order valence-electron chi connectivity index (χ0n) is 17.8. The van der Waals surface area contributed by atoms with Gasteiger partial charge in [0.15, 0.2) is 5.12 Å². The summed E-state index contributed by atoms with van der Waals surface area (Å²) < 4.78 is 6.05. The molecule has 1 aliphatic heterocycles. The number of fused-ring (bicyclic) bond motifs is 6. The minimum atomic E-state index is -0.293. The molecular weight excluding hydrogens is 384 g/mol. The van der Waals surface area contributed by atoms with Crippen molar-refractivity contribution in [2.45, 2.75) is 89.4 Å². The van der Waals surface area contributed by atoms with Gasteiger partial charge < -0.3 is 4.74 Å². The molecule has 5 heteroatoms. The van der Waals surface area contributed by atoms with E-state index in [2.05, 4.69) is 19.9 Å². The van der Waals surface area contributed by atoms with Gasteiger partial charge in [-0.1, -0.05) is 37.3 Å². The summed E-state index contributed by atoms with van der Waals surface area (Å²) in [5.41, 5.74) is 1.08. The summed E-state index contributed by atoms with van der Waals surface area (Å²) in [7, 11) is 0. The quantitative estimate of drug-likeness (QED) is 0.452. The van der Waals surface area contributed by atoms with Crippen LogP contribution in [-0.2, 0) is 19.1 Å². The number of thioether (sulfide) groups is 1. The lowest BCUT2D eigenvalue weighted by Crippen LogP contribution is -2.57. The van der Waals surface area contributed by atoms with Crippen molar-refractivity contribution >= 4 is 28.6 Å². The minimum absolute atomic E-state index is 0.00210. The van der Waals surface area contributed by atoms with Crippen molar-refractivity contribution in [2.75, 3.05) is 0 Å². The molecule has 4 aliphatic carbocycles. The Kier molecular flexibility index (Phi) is 4.41. The zero-order valence-corrected chi connectivity index (χ0v) is 18.6. The lowest BCUT2D eigenvalue weighted by molar-refractivity contribution is -0.166. The van der Waals surface area contributed by atoms with E-state index in [4.69, 9.17) is 4.74 Å². The Morgan fingerprint density at radius 2 is 1.83 bits per heavy atom. The standard InChI is InChI=1S/C24H32O4S/c1-14(25)29-19-13-15-12-16(26)4-8-22(15,2)17-5-9-23(3)18(21(17)19)6-10-24(23)11-7-20(27)28-24/h13,17-19,21H,4-12H2,1-3H3/t17?,18?,19-,21?,22?,23?,24?/m1/s1. The first-order valence-electron chi connectivity index (χ1n) is 11.3. The van der Waals surface area contributed by atoms with Gasteiger partial charge in [-0.2, -0.15) is 0 Å². The zero-order chi connectivity index (χ0) is 20.6. The second kappa shape index (κ2) is 6.45. The summed E-state index contributed by atoms with van der Waals surface area (Å²) in [6, 6.07) is 0. The van der Waals surface area contributed by atoms with E-state index in [9.17, 15) is 14.4 Å². The number of rotatable bonds is 1. The van der Waals surface area contributed by atoms with E-state index in [0.717, 1.165) is 38.5 Å². The van der Waals surface area contributed by atoms with E-state index in [1.807, 2.05) is 0 Å². The van der Waals surface area contributed by atoms with Crippen LogP contribution in [0.1, 0.15) is 78.6 Å². The third-order valence-corrected chi connectivity index (χ3v) is 10.6. The van der Waals surface area contributed by atoms with Crippen LogP contribution in [0.2, 0.25) is 0 Å². The van der Waals surface area contributed by atoms with Gasteiger partial charge in [0.1, 0.15) is 11.4 Å². The molecule has 4 fully saturated rings. The first kappa shape index (κ1) is 19.8. The first-order valence-corrected chi connectivity index (χ1v) is 12.2. The van der Waals surface area contributed by atoms with Crippen LogP contribution in [0.15, 0.2) is 11.6 Å². The van der Waals surface area contributed by atoms with Crippen molar-refractivity contribution in [1.82, 2.24) is 0 Å². The number of ketones is 1. The highest BCUT2D eigenvalue weighted by Crippen LogP contribution is 2.70. The van der Waals surface area contributed by atoms with Gasteiger partial charge in [-0.3, -0.25) is 14.4 Å². The van der Waals surface area contributed by atoms with E-state index >= 15 is 0 Å². The molecule has 1 saturated heterocycles. The van der Waals surface area contributed by atoms with Gasteiger partial charge in [-0.05, 0) is 61.7 Å². The van der Waals surface area contributed by atoms with Crippen molar-refractivity contribution in [2.24, 2.45) is 28.6 Å². The van der Waals surface area contributed by atoms with Crippen LogP contribution >= 0.6 is 11.8 Å². The second-order valence-electron chi connectivity index (χ2n) is 10.7. The highest BCUT2D eigenvalue weighted by atomic mass is 32.2. The van der Waals surface area contributed by atoms with Crippen molar-refractivity contribution in [3.05, 3.63) is 11.6 Å². The fraction of sp³-hybridized carbons (Fsp3) is 0.792. The maximum absolute atomic E-state index is 12.2. The Morgan fingerprint density at radius 3 is 2.52 bits per heavy atom. The molecule has 0 amide bonds. The van der Waals surface area contributed by atoms with Crippen molar-refractivity contribution in [3.63, 3.8) is 0 Å². The van der Waals surface area contributed by atoms with Crippen LogP contribution in [0.4, 0.5) is 0 Å². The number of hydrogen-bond acceptors (Lipinski definition) is 5. The van der Waals surface area contributed by atoms with Crippen LogP contribution < -0.4 is 0 Å². The fourth-order valence-electron chi connectivity index (χ4n) is 8.04. The maximum atomic E-state index is 12.2. The van der Waals surface area contributed by atoms with Gasteiger partial charge in [0.25, 0.3) is 0 Å². The summed E-state index contributed by atoms with van der Waals surface area (Å²) in [6.45, 7) is 6.40. The van der Waals surface area contributed by atoms with Gasteiger partial charge in [0, 0.05) is 36.9 Å². The molecule has 5 rings (SSSR count). The molecule has 5 aliphatic rings. The molecule has 1 heterocycles. The molecule has 3 saturated carbocycles. The predicted octanol–water partition coefficient (Wildman–Crippen LogP) is 4.85. The molecule has 0 aromatic carbocycles. The summed E-state index contributed by atoms with van der Waals surface area (Å²) in [6.07, 6.45) is 10.1. The number of Topliss-reactive ketones (excluding diaryl/α,β-unsaturated/α-hetero) is 1. The Hall–Kier alpha value is -1.10. The van der Waals surface area contributed by atoms with Gasteiger partial charge >= 0.3 is 5.97 Å². The molecule has 6 unspecified atom stereocenters. The second-order valence-corrected chi connectivity index (χ2v) is 12.0. The molecular formula is C24H32O4S. The number of carbonyl (C=O) groups is 3. The van der Waals surface area contributed by atoms with Crippen LogP contribution in [0.25, 0.3) is 0 Å². The third kappa shape index (κ3) is 2.68. The summed E-state index contributed by atoms with van der Waals surface area (Å²) in [5, 5.41) is 0.298. The van der Waals surface area contributed by atoms with Crippen LogP contribution in [0.3, 0.4) is 0 Å². The van der Waals surface area contributed by atoms with Gasteiger partial charge in [0.05, 0.1) is 0 Å².